The normalized spacial score (nSPS) is 19.2. The van der Waals surface area contributed by atoms with Gasteiger partial charge in [-0.1, -0.05) is 6.42 Å². The number of halogens is 3. The molecule has 0 aliphatic heterocycles. The van der Waals surface area contributed by atoms with Crippen molar-refractivity contribution >= 4 is 11.9 Å². The molecule has 1 fully saturated rings. The number of carboxylic acids is 1. The highest BCUT2D eigenvalue weighted by Gasteiger charge is 2.34. The average molecular weight is 394 g/mol. The Morgan fingerprint density at radius 3 is 2.39 bits per heavy atom. The van der Waals surface area contributed by atoms with Crippen LogP contribution < -0.4 is 10.1 Å². The van der Waals surface area contributed by atoms with E-state index < -0.39 is 35.6 Å². The van der Waals surface area contributed by atoms with E-state index in [0.717, 1.165) is 18.6 Å². The van der Waals surface area contributed by atoms with Crippen LogP contribution in [-0.2, 0) is 11.0 Å². The molecule has 0 saturated heterocycles. The molecule has 28 heavy (non-hydrogen) atoms. The number of alkyl halides is 3. The molecule has 1 heterocycles. The molecular weight excluding hydrogens is 377 g/mol. The number of pyridine rings is 1. The van der Waals surface area contributed by atoms with Gasteiger partial charge in [0, 0.05) is 23.9 Å². The van der Waals surface area contributed by atoms with E-state index in [1.807, 2.05) is 0 Å². The summed E-state index contributed by atoms with van der Waals surface area (Å²) < 4.78 is 43.0. The maximum Gasteiger partial charge on any atom is 0.417 e. The van der Waals surface area contributed by atoms with Crippen LogP contribution in [0.4, 0.5) is 13.2 Å². The van der Waals surface area contributed by atoms with Gasteiger partial charge in [0.1, 0.15) is 5.75 Å². The third-order valence-electron chi connectivity index (χ3n) is 4.55. The third-order valence-corrected chi connectivity index (χ3v) is 4.55. The highest BCUT2D eigenvalue weighted by Crippen LogP contribution is 2.30. The second-order valence-electron chi connectivity index (χ2n) is 6.46. The summed E-state index contributed by atoms with van der Waals surface area (Å²) in [6.45, 7) is 0. The van der Waals surface area contributed by atoms with Crippen molar-refractivity contribution < 1.29 is 32.6 Å². The first-order valence-corrected chi connectivity index (χ1v) is 8.59. The van der Waals surface area contributed by atoms with E-state index in [1.165, 1.54) is 24.3 Å². The van der Waals surface area contributed by atoms with Gasteiger partial charge in [-0.05, 0) is 43.2 Å². The Kier molecular flexibility index (Phi) is 5.53. The number of amides is 1. The zero-order valence-corrected chi connectivity index (χ0v) is 14.6. The van der Waals surface area contributed by atoms with Gasteiger partial charge < -0.3 is 15.2 Å². The molecule has 2 aromatic rings. The number of nitrogens with zero attached hydrogens (tertiary/aromatic N) is 1. The van der Waals surface area contributed by atoms with Crippen molar-refractivity contribution in [2.45, 2.75) is 31.5 Å². The molecule has 9 heteroatoms. The summed E-state index contributed by atoms with van der Waals surface area (Å²) in [5.74, 6) is -1.61. The van der Waals surface area contributed by atoms with Crippen LogP contribution in [0.3, 0.4) is 0 Å². The molecule has 3 rings (SSSR count). The Morgan fingerprint density at radius 1 is 1.11 bits per heavy atom. The standard InChI is InChI=1S/C19H17F3N2O4/c20-19(21,22)12-6-9-16(23-10-12)28-13-7-4-11(5-8-13)17(25)24-15-3-1-2-14(15)18(26)27/h4-10,14-15H,1-3H2,(H,24,25)(H,26,27)/t14-,15+/m1/s1. The van der Waals surface area contributed by atoms with Crippen LogP contribution in [-0.4, -0.2) is 28.0 Å². The highest BCUT2D eigenvalue weighted by atomic mass is 19.4. The maximum atomic E-state index is 12.5. The lowest BCUT2D eigenvalue weighted by atomic mass is 10.0. The fourth-order valence-electron chi connectivity index (χ4n) is 3.08. The van der Waals surface area contributed by atoms with Gasteiger partial charge in [0.05, 0.1) is 11.5 Å². The van der Waals surface area contributed by atoms with Crippen molar-refractivity contribution in [3.63, 3.8) is 0 Å². The Hall–Kier alpha value is -3.10. The Bertz CT molecular complexity index is 851. The largest absolute Gasteiger partial charge is 0.481 e. The minimum atomic E-state index is -4.47. The molecule has 2 N–H and O–H groups in total. The zero-order valence-electron chi connectivity index (χ0n) is 14.6. The number of aliphatic carboxylic acids is 1. The Balaban J connectivity index is 1.61. The van der Waals surface area contributed by atoms with E-state index >= 15 is 0 Å². The number of carboxylic acid groups (broad SMARTS) is 1. The topological polar surface area (TPSA) is 88.5 Å². The van der Waals surface area contributed by atoms with Crippen LogP contribution in [0.1, 0.15) is 35.2 Å². The number of rotatable bonds is 5. The van der Waals surface area contributed by atoms with Gasteiger partial charge in [-0.25, -0.2) is 4.98 Å². The lowest BCUT2D eigenvalue weighted by molar-refractivity contribution is -0.142. The number of hydrogen-bond acceptors (Lipinski definition) is 4. The van der Waals surface area contributed by atoms with Crippen LogP contribution >= 0.6 is 0 Å². The third kappa shape index (κ3) is 4.59. The first kappa shape index (κ1) is 19.7. The number of aromatic nitrogens is 1. The van der Waals surface area contributed by atoms with Gasteiger partial charge in [-0.3, -0.25) is 9.59 Å². The van der Waals surface area contributed by atoms with Crippen LogP contribution in [0.2, 0.25) is 0 Å². The predicted octanol–water partition coefficient (Wildman–Crippen LogP) is 3.88. The number of benzene rings is 1. The van der Waals surface area contributed by atoms with E-state index in [1.54, 1.807) is 0 Å². The minimum absolute atomic E-state index is 0.0135. The van der Waals surface area contributed by atoms with Gasteiger partial charge in [0.2, 0.25) is 5.88 Å². The number of hydrogen-bond donors (Lipinski definition) is 2. The summed E-state index contributed by atoms with van der Waals surface area (Å²) in [5.41, 5.74) is -0.554. The second-order valence-corrected chi connectivity index (χ2v) is 6.46. The number of ether oxygens (including phenoxy) is 1. The van der Waals surface area contributed by atoms with Gasteiger partial charge in [-0.15, -0.1) is 0 Å². The van der Waals surface area contributed by atoms with Gasteiger partial charge in [0.25, 0.3) is 5.91 Å². The van der Waals surface area contributed by atoms with E-state index in [4.69, 9.17) is 9.84 Å². The van der Waals surface area contributed by atoms with Crippen molar-refractivity contribution in [3.8, 4) is 11.6 Å². The summed E-state index contributed by atoms with van der Waals surface area (Å²) in [4.78, 5) is 27.1. The quantitative estimate of drug-likeness (QED) is 0.804. The van der Waals surface area contributed by atoms with E-state index in [0.29, 0.717) is 30.4 Å². The first-order chi connectivity index (χ1) is 13.2. The molecule has 1 aliphatic rings. The summed E-state index contributed by atoms with van der Waals surface area (Å²) in [6.07, 6.45) is -1.90. The SMILES string of the molecule is O=C(N[C@H]1CCC[C@H]1C(=O)O)c1ccc(Oc2ccc(C(F)(F)F)cn2)cc1. The molecule has 1 aromatic carbocycles. The first-order valence-electron chi connectivity index (χ1n) is 8.59. The number of carbonyl (C=O) groups is 2. The van der Waals surface area contributed by atoms with E-state index in [9.17, 15) is 22.8 Å². The van der Waals surface area contributed by atoms with Gasteiger partial charge in [0.15, 0.2) is 0 Å². The second kappa shape index (κ2) is 7.87. The van der Waals surface area contributed by atoms with Crippen LogP contribution in [0.25, 0.3) is 0 Å². The van der Waals surface area contributed by atoms with Crippen molar-refractivity contribution in [1.82, 2.24) is 10.3 Å². The summed E-state index contributed by atoms with van der Waals surface area (Å²) >= 11 is 0. The molecule has 0 unspecified atom stereocenters. The molecule has 0 spiro atoms. The molecule has 0 radical (unpaired) electrons. The summed E-state index contributed by atoms with van der Waals surface area (Å²) in [5, 5.41) is 11.9. The van der Waals surface area contributed by atoms with Crippen LogP contribution in [0.15, 0.2) is 42.6 Å². The van der Waals surface area contributed by atoms with Crippen LogP contribution in [0.5, 0.6) is 11.6 Å². The zero-order chi connectivity index (χ0) is 20.3. The summed E-state index contributed by atoms with van der Waals surface area (Å²) in [7, 11) is 0. The predicted molar refractivity (Wildman–Crippen MR) is 92.0 cm³/mol. The lowest BCUT2D eigenvalue weighted by Gasteiger charge is -2.17. The van der Waals surface area contributed by atoms with Gasteiger partial charge >= 0.3 is 12.1 Å². The molecule has 6 nitrogen and oxygen atoms in total. The average Bonchev–Trinajstić information content (AvgIpc) is 3.10. The molecule has 0 bridgehead atoms. The maximum absolute atomic E-state index is 12.5. The minimum Gasteiger partial charge on any atom is -0.481 e. The van der Waals surface area contributed by atoms with Crippen molar-refractivity contribution in [1.29, 1.82) is 0 Å². The molecule has 1 saturated carbocycles. The van der Waals surface area contributed by atoms with E-state index in [2.05, 4.69) is 10.3 Å². The molecule has 148 valence electrons. The van der Waals surface area contributed by atoms with Crippen molar-refractivity contribution in [2.24, 2.45) is 5.92 Å². The molecule has 2 atom stereocenters. The summed E-state index contributed by atoms with van der Waals surface area (Å²) in [6, 6.07) is 7.51. The van der Waals surface area contributed by atoms with Crippen molar-refractivity contribution in [2.75, 3.05) is 0 Å². The van der Waals surface area contributed by atoms with Crippen molar-refractivity contribution in [3.05, 3.63) is 53.7 Å². The van der Waals surface area contributed by atoms with Gasteiger partial charge in [-0.2, -0.15) is 13.2 Å². The molecule has 1 aromatic heterocycles. The fraction of sp³-hybridized carbons (Fsp3) is 0.316. The van der Waals surface area contributed by atoms with Crippen LogP contribution in [0, 0.1) is 5.92 Å². The molecular formula is C19H17F3N2O4. The van der Waals surface area contributed by atoms with E-state index in [-0.39, 0.29) is 5.88 Å². The molecule has 1 aliphatic carbocycles. The Labute approximate surface area is 158 Å². The Morgan fingerprint density at radius 2 is 1.82 bits per heavy atom. The number of nitrogens with one attached hydrogen (secondary N) is 1. The highest BCUT2D eigenvalue weighted by molar-refractivity contribution is 5.94. The fourth-order valence-corrected chi connectivity index (χ4v) is 3.08. The monoisotopic (exact) mass is 394 g/mol. The lowest BCUT2D eigenvalue weighted by Crippen LogP contribution is -2.40. The smallest absolute Gasteiger partial charge is 0.417 e. The number of carbonyl (C=O) groups excluding carboxylic acids is 1. The molecule has 1 amide bonds.